The van der Waals surface area contributed by atoms with Gasteiger partial charge < -0.3 is 14.2 Å². The second-order valence-corrected chi connectivity index (χ2v) is 4.71. The van der Waals surface area contributed by atoms with Crippen LogP contribution in [-0.4, -0.2) is 25.3 Å². The lowest BCUT2D eigenvalue weighted by atomic mass is 10.1. The summed E-state index contributed by atoms with van der Waals surface area (Å²) >= 11 is 3.38. The van der Waals surface area contributed by atoms with Crippen LogP contribution in [0.3, 0.4) is 0 Å². The number of hydrogen-bond acceptors (Lipinski definition) is 5. The number of benzene rings is 1. The van der Waals surface area contributed by atoms with E-state index >= 15 is 0 Å². The molecule has 21 heavy (non-hydrogen) atoms. The van der Waals surface area contributed by atoms with Crippen molar-refractivity contribution < 1.29 is 23.8 Å². The van der Waals surface area contributed by atoms with Crippen molar-refractivity contribution in [1.82, 2.24) is 0 Å². The Hall–Kier alpha value is -1.82. The Balaban J connectivity index is 2.92. The zero-order valence-electron chi connectivity index (χ0n) is 11.9. The first kappa shape index (κ1) is 17.2. The van der Waals surface area contributed by atoms with Crippen LogP contribution in [-0.2, 0) is 19.0 Å². The third kappa shape index (κ3) is 5.99. The number of rotatable bonds is 6. The van der Waals surface area contributed by atoms with Crippen molar-refractivity contribution in [3.05, 3.63) is 46.5 Å². The molecule has 0 spiro atoms. The minimum atomic E-state index is -0.799. The molecule has 0 heterocycles. The zero-order valence-corrected chi connectivity index (χ0v) is 13.5. The number of carbonyl (C=O) groups is 2. The van der Waals surface area contributed by atoms with E-state index in [4.69, 9.17) is 14.2 Å². The minimum Gasteiger partial charge on any atom is -0.463 e. The molecule has 0 aliphatic rings. The van der Waals surface area contributed by atoms with Gasteiger partial charge in [-0.2, -0.15) is 0 Å². The highest BCUT2D eigenvalue weighted by molar-refractivity contribution is 9.10. The first-order valence-corrected chi connectivity index (χ1v) is 7.30. The van der Waals surface area contributed by atoms with Crippen molar-refractivity contribution in [3.8, 4) is 0 Å². The number of esters is 1. The molecule has 0 saturated heterocycles. The van der Waals surface area contributed by atoms with E-state index in [0.29, 0.717) is 5.56 Å². The third-order valence-corrected chi connectivity index (χ3v) is 3.11. The predicted molar refractivity (Wildman–Crippen MR) is 80.8 cm³/mol. The molecule has 0 amide bonds. The summed E-state index contributed by atoms with van der Waals surface area (Å²) in [5, 5.41) is 0. The van der Waals surface area contributed by atoms with Gasteiger partial charge in [-0.1, -0.05) is 34.1 Å². The molecule has 5 nitrogen and oxygen atoms in total. The van der Waals surface area contributed by atoms with Crippen molar-refractivity contribution in [1.29, 1.82) is 0 Å². The molecule has 6 heteroatoms. The van der Waals surface area contributed by atoms with Gasteiger partial charge in [-0.15, -0.1) is 0 Å². The zero-order chi connectivity index (χ0) is 15.7. The van der Waals surface area contributed by atoms with Gasteiger partial charge in [0.15, 0.2) is 6.10 Å². The molecule has 0 saturated carbocycles. The smallest absolute Gasteiger partial charge is 0.463 e. The van der Waals surface area contributed by atoms with E-state index in [2.05, 4.69) is 15.9 Å². The summed E-state index contributed by atoms with van der Waals surface area (Å²) in [7, 11) is 0. The molecule has 0 fully saturated rings. The van der Waals surface area contributed by atoms with Crippen LogP contribution < -0.4 is 0 Å². The molecule has 1 rings (SSSR count). The quantitative estimate of drug-likeness (QED) is 0.573. The van der Waals surface area contributed by atoms with Crippen LogP contribution in [0, 0.1) is 0 Å². The van der Waals surface area contributed by atoms with Crippen LogP contribution in [0.4, 0.5) is 4.79 Å². The lowest BCUT2D eigenvalue weighted by molar-refractivity contribution is -0.137. The van der Waals surface area contributed by atoms with Gasteiger partial charge in [-0.3, -0.25) is 0 Å². The van der Waals surface area contributed by atoms with Gasteiger partial charge in [0, 0.05) is 16.1 Å². The summed E-state index contributed by atoms with van der Waals surface area (Å²) in [4.78, 5) is 22.9. The maximum Gasteiger partial charge on any atom is 0.509 e. The molecule has 0 radical (unpaired) electrons. The van der Waals surface area contributed by atoms with Gasteiger partial charge >= 0.3 is 12.1 Å². The van der Waals surface area contributed by atoms with Crippen LogP contribution in [0.1, 0.15) is 25.5 Å². The standard InChI is InChI=1S/C15H17BrO5/c1-3-19-14(17)10-9-13(21-15(18)20-4-2)11-7-5-6-8-12(11)16/h5-10,13H,3-4H2,1-2H3/b10-9-. The molecule has 1 atom stereocenters. The fourth-order valence-electron chi connectivity index (χ4n) is 1.52. The Morgan fingerprint density at radius 1 is 1.19 bits per heavy atom. The third-order valence-electron chi connectivity index (χ3n) is 2.39. The Bertz CT molecular complexity index is 513. The highest BCUT2D eigenvalue weighted by Crippen LogP contribution is 2.27. The van der Waals surface area contributed by atoms with Crippen molar-refractivity contribution in [3.63, 3.8) is 0 Å². The Morgan fingerprint density at radius 3 is 2.48 bits per heavy atom. The predicted octanol–water partition coefficient (Wildman–Crippen LogP) is 3.78. The average Bonchev–Trinajstić information content (AvgIpc) is 2.45. The van der Waals surface area contributed by atoms with Crippen LogP contribution in [0.5, 0.6) is 0 Å². The topological polar surface area (TPSA) is 61.8 Å². The van der Waals surface area contributed by atoms with Gasteiger partial charge in [0.2, 0.25) is 0 Å². The number of carbonyl (C=O) groups excluding carboxylic acids is 2. The highest BCUT2D eigenvalue weighted by atomic mass is 79.9. The number of halogens is 1. The summed E-state index contributed by atoms with van der Waals surface area (Å²) in [5.41, 5.74) is 0.700. The molecule has 0 aromatic heterocycles. The van der Waals surface area contributed by atoms with Crippen molar-refractivity contribution in [2.45, 2.75) is 20.0 Å². The molecule has 0 bridgehead atoms. The molecular weight excluding hydrogens is 340 g/mol. The summed E-state index contributed by atoms with van der Waals surface area (Å²) in [6.45, 7) is 3.89. The van der Waals surface area contributed by atoms with Gasteiger partial charge in [0.05, 0.1) is 13.2 Å². The van der Waals surface area contributed by atoms with Crippen LogP contribution in [0.15, 0.2) is 40.9 Å². The Morgan fingerprint density at radius 2 is 1.86 bits per heavy atom. The number of ether oxygens (including phenoxy) is 3. The van der Waals surface area contributed by atoms with Gasteiger partial charge in [-0.25, -0.2) is 9.59 Å². The molecule has 1 unspecified atom stereocenters. The Labute approximate surface area is 132 Å². The average molecular weight is 357 g/mol. The normalized spacial score (nSPS) is 12.0. The van der Waals surface area contributed by atoms with E-state index < -0.39 is 18.2 Å². The summed E-state index contributed by atoms with van der Waals surface area (Å²) in [6, 6.07) is 7.24. The molecular formula is C15H17BrO5. The molecule has 0 aliphatic heterocycles. The van der Waals surface area contributed by atoms with Crippen molar-refractivity contribution >= 4 is 28.1 Å². The lowest BCUT2D eigenvalue weighted by Crippen LogP contribution is -2.12. The van der Waals surface area contributed by atoms with Gasteiger partial charge in [0.1, 0.15) is 0 Å². The first-order chi connectivity index (χ1) is 10.1. The Kier molecular flexibility index (Phi) is 7.53. The molecule has 1 aromatic rings. The van der Waals surface area contributed by atoms with Gasteiger partial charge in [0.25, 0.3) is 0 Å². The fourth-order valence-corrected chi connectivity index (χ4v) is 2.03. The molecule has 0 N–H and O–H groups in total. The van der Waals surface area contributed by atoms with E-state index in [1.807, 2.05) is 12.1 Å². The van der Waals surface area contributed by atoms with E-state index in [1.165, 1.54) is 12.2 Å². The van der Waals surface area contributed by atoms with E-state index in [-0.39, 0.29) is 13.2 Å². The number of hydrogen-bond donors (Lipinski definition) is 0. The molecule has 1 aromatic carbocycles. The van der Waals surface area contributed by atoms with E-state index in [1.54, 1.807) is 26.0 Å². The summed E-state index contributed by atoms with van der Waals surface area (Å²) in [6.07, 6.45) is 1.14. The second-order valence-electron chi connectivity index (χ2n) is 3.85. The maximum absolute atomic E-state index is 11.5. The highest BCUT2D eigenvalue weighted by Gasteiger charge is 2.17. The molecule has 114 valence electrons. The van der Waals surface area contributed by atoms with Crippen LogP contribution in [0.25, 0.3) is 0 Å². The maximum atomic E-state index is 11.5. The van der Waals surface area contributed by atoms with Crippen LogP contribution in [0.2, 0.25) is 0 Å². The van der Waals surface area contributed by atoms with Gasteiger partial charge in [-0.05, 0) is 26.0 Å². The largest absolute Gasteiger partial charge is 0.509 e. The fraction of sp³-hybridized carbons (Fsp3) is 0.333. The summed E-state index contributed by atoms with van der Waals surface area (Å²) in [5.74, 6) is -0.498. The SMILES string of the molecule is CCOC(=O)/C=C\C(OC(=O)OCC)c1ccccc1Br. The second kappa shape index (κ2) is 9.18. The lowest BCUT2D eigenvalue weighted by Gasteiger charge is -2.15. The van der Waals surface area contributed by atoms with Crippen LogP contribution >= 0.6 is 15.9 Å². The van der Waals surface area contributed by atoms with E-state index in [0.717, 1.165) is 4.47 Å². The van der Waals surface area contributed by atoms with Crippen molar-refractivity contribution in [2.75, 3.05) is 13.2 Å². The summed E-state index contributed by atoms with van der Waals surface area (Å²) < 4.78 is 15.5. The monoisotopic (exact) mass is 356 g/mol. The van der Waals surface area contributed by atoms with E-state index in [9.17, 15) is 9.59 Å². The minimum absolute atomic E-state index is 0.211. The van der Waals surface area contributed by atoms with Crippen molar-refractivity contribution in [2.24, 2.45) is 0 Å². The molecule has 0 aliphatic carbocycles. The first-order valence-electron chi connectivity index (χ1n) is 6.51.